The van der Waals surface area contributed by atoms with Crippen LogP contribution in [0, 0.1) is 5.92 Å². The minimum absolute atomic E-state index is 0.198. The van der Waals surface area contributed by atoms with E-state index in [1.807, 2.05) is 4.68 Å². The molecule has 1 aromatic heterocycles. The Morgan fingerprint density at radius 3 is 2.67 bits per heavy atom. The van der Waals surface area contributed by atoms with E-state index in [0.29, 0.717) is 18.3 Å². The number of ketones is 1. The average molecular weight is 383 g/mol. The zero-order valence-electron chi connectivity index (χ0n) is 16.3. The fraction of sp³-hybridized carbons (Fsp3) is 0.476. The molecule has 1 aliphatic heterocycles. The molecule has 2 atom stereocenters. The highest BCUT2D eigenvalue weighted by Gasteiger charge is 2.38. The average Bonchev–Trinajstić information content (AvgIpc) is 3.02. The van der Waals surface area contributed by atoms with Crippen molar-refractivity contribution in [2.75, 3.05) is 11.1 Å². The third kappa shape index (κ3) is 3.31. The molecule has 0 amide bonds. The highest BCUT2D eigenvalue weighted by Crippen LogP contribution is 2.42. The molecule has 2 heterocycles. The van der Waals surface area contributed by atoms with Crippen LogP contribution in [0.15, 0.2) is 40.7 Å². The molecule has 0 fully saturated rings. The van der Waals surface area contributed by atoms with Crippen molar-refractivity contribution in [3.05, 3.63) is 46.7 Å². The second-order valence-electron chi connectivity index (χ2n) is 7.77. The Morgan fingerprint density at radius 2 is 2.00 bits per heavy atom. The van der Waals surface area contributed by atoms with Crippen molar-refractivity contribution in [2.45, 2.75) is 57.7 Å². The number of rotatable bonds is 4. The van der Waals surface area contributed by atoms with Crippen molar-refractivity contribution in [3.63, 3.8) is 0 Å². The van der Waals surface area contributed by atoms with Gasteiger partial charge in [-0.2, -0.15) is 4.98 Å². The Bertz CT molecular complexity index is 897. The van der Waals surface area contributed by atoms with Crippen molar-refractivity contribution in [1.29, 1.82) is 0 Å². The van der Waals surface area contributed by atoms with Crippen LogP contribution in [0.25, 0.3) is 0 Å². The fourth-order valence-electron chi connectivity index (χ4n) is 3.95. The smallest absolute Gasteiger partial charge is 0.227 e. The first-order valence-electron chi connectivity index (χ1n) is 9.70. The van der Waals surface area contributed by atoms with Gasteiger partial charge in [-0.1, -0.05) is 63.7 Å². The van der Waals surface area contributed by atoms with Crippen LogP contribution in [0.2, 0.25) is 0 Å². The summed E-state index contributed by atoms with van der Waals surface area (Å²) in [5, 5.41) is 8.88. The minimum Gasteiger partial charge on any atom is -0.328 e. The van der Waals surface area contributed by atoms with Gasteiger partial charge in [0.15, 0.2) is 5.78 Å². The van der Waals surface area contributed by atoms with E-state index in [1.165, 1.54) is 5.56 Å². The van der Waals surface area contributed by atoms with Crippen molar-refractivity contribution in [3.8, 4) is 0 Å². The van der Waals surface area contributed by atoms with Crippen molar-refractivity contribution >= 4 is 23.5 Å². The number of hydrogen-bond donors (Lipinski definition) is 1. The molecule has 1 aliphatic carbocycles. The summed E-state index contributed by atoms with van der Waals surface area (Å²) >= 11 is 1.62. The van der Waals surface area contributed by atoms with Crippen LogP contribution in [0.4, 0.5) is 5.95 Å². The molecule has 4 rings (SSSR count). The van der Waals surface area contributed by atoms with Crippen LogP contribution in [0.5, 0.6) is 0 Å². The zero-order valence-corrected chi connectivity index (χ0v) is 17.1. The number of allylic oxidation sites excluding steroid dienone is 2. The van der Waals surface area contributed by atoms with Crippen molar-refractivity contribution in [1.82, 2.24) is 14.8 Å². The number of nitrogens with zero attached hydrogens (tertiary/aromatic N) is 3. The van der Waals surface area contributed by atoms with Crippen molar-refractivity contribution < 1.29 is 4.79 Å². The Labute approximate surface area is 164 Å². The third-order valence-electron chi connectivity index (χ3n) is 5.30. The SMILES string of the molecule is CCSc1nc2n(n1)C(c1ccc(C(C)C)cc1)C1=C(CC(C)CC1=O)N2. The Morgan fingerprint density at radius 1 is 1.26 bits per heavy atom. The molecule has 0 spiro atoms. The second kappa shape index (κ2) is 7.15. The monoisotopic (exact) mass is 382 g/mol. The lowest BCUT2D eigenvalue weighted by Gasteiger charge is -2.34. The molecule has 2 aliphatic rings. The molecular formula is C21H26N4OS. The van der Waals surface area contributed by atoms with Crippen LogP contribution in [0.3, 0.4) is 0 Å². The molecule has 142 valence electrons. The van der Waals surface area contributed by atoms with Crippen LogP contribution >= 0.6 is 11.8 Å². The molecule has 0 saturated heterocycles. The minimum atomic E-state index is -0.198. The molecule has 6 heteroatoms. The number of nitrogens with one attached hydrogen (secondary N) is 1. The van der Waals surface area contributed by atoms with Gasteiger partial charge >= 0.3 is 0 Å². The maximum atomic E-state index is 13.0. The third-order valence-corrected chi connectivity index (χ3v) is 6.02. The van der Waals surface area contributed by atoms with Gasteiger partial charge in [0.1, 0.15) is 6.04 Å². The van der Waals surface area contributed by atoms with Crippen LogP contribution in [-0.4, -0.2) is 26.3 Å². The highest BCUT2D eigenvalue weighted by molar-refractivity contribution is 7.99. The second-order valence-corrected chi connectivity index (χ2v) is 9.00. The van der Waals surface area contributed by atoms with Gasteiger partial charge in [-0.3, -0.25) is 4.79 Å². The number of anilines is 1. The van der Waals surface area contributed by atoms with Gasteiger partial charge < -0.3 is 5.32 Å². The van der Waals surface area contributed by atoms with Gasteiger partial charge in [0.25, 0.3) is 0 Å². The highest BCUT2D eigenvalue weighted by atomic mass is 32.2. The molecule has 0 saturated carbocycles. The standard InChI is InChI=1S/C21H26N4OS/c1-5-27-21-23-20-22-16-10-13(4)11-17(26)18(16)19(25(20)24-21)15-8-6-14(7-9-15)12(2)3/h6-9,12-13,19H,5,10-11H2,1-4H3,(H,22,23,24). The van der Waals surface area contributed by atoms with Crippen molar-refractivity contribution in [2.24, 2.45) is 5.92 Å². The number of thioether (sulfide) groups is 1. The first kappa shape index (κ1) is 18.3. The summed E-state index contributed by atoms with van der Waals surface area (Å²) in [4.78, 5) is 17.6. The van der Waals surface area contributed by atoms with Gasteiger partial charge in [-0.25, -0.2) is 4.68 Å². The maximum absolute atomic E-state index is 13.0. The molecule has 0 radical (unpaired) electrons. The van der Waals surface area contributed by atoms with Crippen LogP contribution in [-0.2, 0) is 4.79 Å². The van der Waals surface area contributed by atoms with E-state index in [9.17, 15) is 4.79 Å². The summed E-state index contributed by atoms with van der Waals surface area (Å²) in [5.41, 5.74) is 4.27. The Kier molecular flexibility index (Phi) is 4.84. The van der Waals surface area contributed by atoms with E-state index < -0.39 is 0 Å². The Balaban J connectivity index is 1.83. The molecule has 1 aromatic carbocycles. The quantitative estimate of drug-likeness (QED) is 0.771. The van der Waals surface area contributed by atoms with Gasteiger partial charge in [-0.15, -0.1) is 5.10 Å². The van der Waals surface area contributed by atoms with Gasteiger partial charge in [0.05, 0.1) is 0 Å². The predicted molar refractivity (Wildman–Crippen MR) is 109 cm³/mol. The van der Waals surface area contributed by atoms with E-state index in [2.05, 4.69) is 62.3 Å². The molecule has 5 nitrogen and oxygen atoms in total. The summed E-state index contributed by atoms with van der Waals surface area (Å²) in [7, 11) is 0. The topological polar surface area (TPSA) is 59.8 Å². The normalized spacial score (nSPS) is 21.9. The molecular weight excluding hydrogens is 356 g/mol. The number of Topliss-reactive ketones (excluding diaryl/α,β-unsaturated/α-hetero) is 1. The van der Waals surface area contributed by atoms with Gasteiger partial charge in [-0.05, 0) is 35.1 Å². The summed E-state index contributed by atoms with van der Waals surface area (Å²) in [6.45, 7) is 8.61. The zero-order chi connectivity index (χ0) is 19.1. The van der Waals surface area contributed by atoms with E-state index in [0.717, 1.165) is 40.1 Å². The lowest BCUT2D eigenvalue weighted by Crippen LogP contribution is -2.33. The van der Waals surface area contributed by atoms with E-state index >= 15 is 0 Å². The number of carbonyl (C=O) groups excluding carboxylic acids is 1. The maximum Gasteiger partial charge on any atom is 0.227 e. The van der Waals surface area contributed by atoms with Gasteiger partial charge in [0.2, 0.25) is 11.1 Å². The lowest BCUT2D eigenvalue weighted by atomic mass is 9.81. The molecule has 2 aromatic rings. The van der Waals surface area contributed by atoms with Crippen LogP contribution in [0.1, 0.15) is 63.6 Å². The number of benzene rings is 1. The number of fused-ring (bicyclic) bond motifs is 1. The largest absolute Gasteiger partial charge is 0.328 e. The lowest BCUT2D eigenvalue weighted by molar-refractivity contribution is -0.117. The van der Waals surface area contributed by atoms with E-state index in [4.69, 9.17) is 5.10 Å². The Hall–Kier alpha value is -2.08. The van der Waals surface area contributed by atoms with Gasteiger partial charge in [0, 0.05) is 17.7 Å². The molecule has 2 unspecified atom stereocenters. The molecule has 1 N–H and O–H groups in total. The molecule has 27 heavy (non-hydrogen) atoms. The molecule has 0 bridgehead atoms. The predicted octanol–water partition coefficient (Wildman–Crippen LogP) is 4.78. The number of aromatic nitrogens is 3. The van der Waals surface area contributed by atoms with Crippen LogP contribution < -0.4 is 5.32 Å². The first-order chi connectivity index (χ1) is 13.0. The number of hydrogen-bond acceptors (Lipinski definition) is 5. The number of carbonyl (C=O) groups is 1. The summed E-state index contributed by atoms with van der Waals surface area (Å²) in [6, 6.07) is 8.40. The summed E-state index contributed by atoms with van der Waals surface area (Å²) in [6.07, 6.45) is 1.48. The van der Waals surface area contributed by atoms with E-state index in [1.54, 1.807) is 11.8 Å². The fourth-order valence-corrected chi connectivity index (χ4v) is 4.50. The summed E-state index contributed by atoms with van der Waals surface area (Å²) < 4.78 is 1.90. The summed E-state index contributed by atoms with van der Waals surface area (Å²) in [5.74, 6) is 2.71. The first-order valence-corrected chi connectivity index (χ1v) is 10.7. The van der Waals surface area contributed by atoms with E-state index in [-0.39, 0.29) is 11.8 Å².